The minimum atomic E-state index is -0.160. The van der Waals surface area contributed by atoms with Crippen molar-refractivity contribution in [2.24, 2.45) is 0 Å². The van der Waals surface area contributed by atoms with Gasteiger partial charge in [0.05, 0.1) is 6.54 Å². The van der Waals surface area contributed by atoms with Crippen molar-refractivity contribution in [2.75, 3.05) is 26.2 Å². The standard InChI is InChI=1S/C20H29N3O2/c1-3-10-23-11-6-9-20(23)12-17-7-4-5-8-18(17)14-22(15-20)19(25)13-21-16(2)24/h4-5,7-8H,3,6,9-15H2,1-2H3,(H,21,24). The molecule has 0 bridgehead atoms. The summed E-state index contributed by atoms with van der Waals surface area (Å²) < 4.78 is 0. The van der Waals surface area contributed by atoms with Crippen LogP contribution in [0.25, 0.3) is 0 Å². The fraction of sp³-hybridized carbons (Fsp3) is 0.600. The zero-order valence-electron chi connectivity index (χ0n) is 15.4. The molecule has 2 aliphatic heterocycles. The Labute approximate surface area is 150 Å². The van der Waals surface area contributed by atoms with Gasteiger partial charge in [-0.15, -0.1) is 0 Å². The van der Waals surface area contributed by atoms with E-state index in [0.29, 0.717) is 6.54 Å². The predicted molar refractivity (Wildman–Crippen MR) is 98.1 cm³/mol. The molecule has 136 valence electrons. The highest BCUT2D eigenvalue weighted by molar-refractivity contribution is 5.83. The van der Waals surface area contributed by atoms with Gasteiger partial charge in [-0.25, -0.2) is 0 Å². The van der Waals surface area contributed by atoms with Crippen molar-refractivity contribution >= 4 is 11.8 Å². The molecule has 5 heteroatoms. The van der Waals surface area contributed by atoms with Gasteiger partial charge in [0.15, 0.2) is 0 Å². The largest absolute Gasteiger partial charge is 0.347 e. The van der Waals surface area contributed by atoms with Gasteiger partial charge in [0.25, 0.3) is 0 Å². The second kappa shape index (κ2) is 7.56. The minimum Gasteiger partial charge on any atom is -0.347 e. The molecule has 1 spiro atoms. The number of fused-ring (bicyclic) bond motifs is 1. The molecule has 1 aromatic rings. The number of carbonyl (C=O) groups excluding carboxylic acids is 2. The van der Waals surface area contributed by atoms with Crippen LogP contribution in [0, 0.1) is 0 Å². The maximum Gasteiger partial charge on any atom is 0.242 e. The van der Waals surface area contributed by atoms with Gasteiger partial charge < -0.3 is 10.2 Å². The highest BCUT2D eigenvalue weighted by atomic mass is 16.2. The fourth-order valence-corrected chi connectivity index (χ4v) is 4.39. The number of hydrogen-bond donors (Lipinski definition) is 1. The average molecular weight is 343 g/mol. The smallest absolute Gasteiger partial charge is 0.242 e. The maximum absolute atomic E-state index is 12.8. The van der Waals surface area contributed by atoms with Gasteiger partial charge in [-0.3, -0.25) is 14.5 Å². The van der Waals surface area contributed by atoms with Crippen molar-refractivity contribution in [3.8, 4) is 0 Å². The lowest BCUT2D eigenvalue weighted by molar-refractivity contribution is -0.134. The van der Waals surface area contributed by atoms with Crippen molar-refractivity contribution < 1.29 is 9.59 Å². The Morgan fingerprint density at radius 1 is 1.24 bits per heavy atom. The molecule has 1 aromatic carbocycles. The van der Waals surface area contributed by atoms with Gasteiger partial charge in [-0.2, -0.15) is 0 Å². The van der Waals surface area contributed by atoms with Gasteiger partial charge in [-0.05, 0) is 49.9 Å². The lowest BCUT2D eigenvalue weighted by atomic mass is 9.87. The summed E-state index contributed by atoms with van der Waals surface area (Å²) >= 11 is 0. The molecule has 2 amide bonds. The monoisotopic (exact) mass is 343 g/mol. The van der Waals surface area contributed by atoms with Crippen LogP contribution in [0.4, 0.5) is 0 Å². The summed E-state index contributed by atoms with van der Waals surface area (Å²) in [5.74, 6) is -0.151. The van der Waals surface area contributed by atoms with Crippen LogP contribution in [0.1, 0.15) is 44.2 Å². The maximum atomic E-state index is 12.8. The first-order chi connectivity index (χ1) is 12.0. The fourth-order valence-electron chi connectivity index (χ4n) is 4.39. The molecule has 0 aliphatic carbocycles. The molecule has 5 nitrogen and oxygen atoms in total. The third-order valence-electron chi connectivity index (χ3n) is 5.56. The molecular weight excluding hydrogens is 314 g/mol. The van der Waals surface area contributed by atoms with Crippen molar-refractivity contribution in [1.29, 1.82) is 0 Å². The molecule has 0 saturated carbocycles. The first-order valence-corrected chi connectivity index (χ1v) is 9.38. The summed E-state index contributed by atoms with van der Waals surface area (Å²) in [5, 5.41) is 2.66. The molecule has 1 saturated heterocycles. The summed E-state index contributed by atoms with van der Waals surface area (Å²) in [6.45, 7) is 7.33. The van der Waals surface area contributed by atoms with Gasteiger partial charge in [0, 0.05) is 25.6 Å². The Kier molecular flexibility index (Phi) is 5.42. The van der Waals surface area contributed by atoms with Crippen LogP contribution in [0.3, 0.4) is 0 Å². The van der Waals surface area contributed by atoms with Crippen LogP contribution in [-0.4, -0.2) is 53.3 Å². The van der Waals surface area contributed by atoms with Crippen LogP contribution >= 0.6 is 0 Å². The highest BCUT2D eigenvalue weighted by Gasteiger charge is 2.44. The summed E-state index contributed by atoms with van der Waals surface area (Å²) in [6.07, 6.45) is 4.46. The Bertz CT molecular complexity index is 646. The van der Waals surface area contributed by atoms with E-state index in [0.717, 1.165) is 38.9 Å². The Morgan fingerprint density at radius 2 is 2.00 bits per heavy atom. The quantitative estimate of drug-likeness (QED) is 0.909. The molecule has 2 aliphatic rings. The number of benzene rings is 1. The third kappa shape index (κ3) is 3.87. The van der Waals surface area contributed by atoms with E-state index in [1.165, 1.54) is 24.5 Å². The van der Waals surface area contributed by atoms with E-state index in [1.54, 1.807) is 0 Å². The van der Waals surface area contributed by atoms with Crippen molar-refractivity contribution in [2.45, 2.75) is 51.6 Å². The normalized spacial score (nSPS) is 23.4. The number of amides is 2. The van der Waals surface area contributed by atoms with Gasteiger partial charge in [0.1, 0.15) is 0 Å². The van der Waals surface area contributed by atoms with Crippen LogP contribution in [-0.2, 0) is 22.6 Å². The van der Waals surface area contributed by atoms with Gasteiger partial charge in [0.2, 0.25) is 11.8 Å². The number of hydrogen-bond acceptors (Lipinski definition) is 3. The zero-order valence-corrected chi connectivity index (χ0v) is 15.4. The zero-order chi connectivity index (χ0) is 17.9. The number of likely N-dealkylation sites (tertiary alicyclic amines) is 1. The van der Waals surface area contributed by atoms with Crippen LogP contribution in [0.5, 0.6) is 0 Å². The second-order valence-corrected chi connectivity index (χ2v) is 7.42. The van der Waals surface area contributed by atoms with Crippen molar-refractivity contribution in [3.63, 3.8) is 0 Å². The highest BCUT2D eigenvalue weighted by Crippen LogP contribution is 2.37. The van der Waals surface area contributed by atoms with Gasteiger partial charge in [-0.1, -0.05) is 31.2 Å². The first kappa shape index (κ1) is 17.9. The first-order valence-electron chi connectivity index (χ1n) is 9.38. The Hall–Kier alpha value is -1.88. The predicted octanol–water partition coefficient (Wildman–Crippen LogP) is 1.95. The number of carbonyl (C=O) groups is 2. The minimum absolute atomic E-state index is 0.00891. The Morgan fingerprint density at radius 3 is 2.72 bits per heavy atom. The SMILES string of the molecule is CCCN1CCCC12Cc1ccccc1CN(C(=O)CNC(C)=O)C2. The second-order valence-electron chi connectivity index (χ2n) is 7.42. The average Bonchev–Trinajstić information content (AvgIpc) is 2.87. The molecule has 25 heavy (non-hydrogen) atoms. The molecule has 0 radical (unpaired) electrons. The van der Waals surface area contributed by atoms with E-state index in [9.17, 15) is 9.59 Å². The molecule has 1 unspecified atom stereocenters. The number of rotatable bonds is 4. The van der Waals surface area contributed by atoms with Crippen LogP contribution < -0.4 is 5.32 Å². The van der Waals surface area contributed by atoms with E-state index >= 15 is 0 Å². The summed E-state index contributed by atoms with van der Waals surface area (Å²) in [4.78, 5) is 28.5. The molecule has 1 fully saturated rings. The molecule has 0 aromatic heterocycles. The summed E-state index contributed by atoms with van der Waals surface area (Å²) in [6, 6.07) is 8.49. The molecule has 3 rings (SSSR count). The van der Waals surface area contributed by atoms with E-state index in [4.69, 9.17) is 0 Å². The molecular formula is C20H29N3O2. The number of nitrogens with zero attached hydrogens (tertiary/aromatic N) is 2. The lowest BCUT2D eigenvalue weighted by Gasteiger charge is -2.40. The van der Waals surface area contributed by atoms with Crippen LogP contribution in [0.15, 0.2) is 24.3 Å². The van der Waals surface area contributed by atoms with E-state index in [2.05, 4.69) is 35.3 Å². The van der Waals surface area contributed by atoms with Gasteiger partial charge >= 0.3 is 0 Å². The topological polar surface area (TPSA) is 52.6 Å². The van der Waals surface area contributed by atoms with E-state index < -0.39 is 0 Å². The number of nitrogens with one attached hydrogen (secondary N) is 1. The summed E-state index contributed by atoms with van der Waals surface area (Å²) in [5.41, 5.74) is 2.63. The lowest BCUT2D eigenvalue weighted by Crippen LogP contribution is -2.54. The van der Waals surface area contributed by atoms with E-state index in [-0.39, 0.29) is 23.9 Å². The third-order valence-corrected chi connectivity index (χ3v) is 5.56. The van der Waals surface area contributed by atoms with Crippen molar-refractivity contribution in [1.82, 2.24) is 15.1 Å². The molecule has 1 atom stereocenters. The van der Waals surface area contributed by atoms with E-state index in [1.807, 2.05) is 11.0 Å². The molecule has 1 N–H and O–H groups in total. The molecule has 2 heterocycles. The Balaban J connectivity index is 1.89. The van der Waals surface area contributed by atoms with Crippen molar-refractivity contribution in [3.05, 3.63) is 35.4 Å². The van der Waals surface area contributed by atoms with Crippen LogP contribution in [0.2, 0.25) is 0 Å². The summed E-state index contributed by atoms with van der Waals surface area (Å²) in [7, 11) is 0.